The number of hydrogen-bond donors (Lipinski definition) is 1. The van der Waals surface area contributed by atoms with Crippen molar-refractivity contribution in [3.63, 3.8) is 0 Å². The van der Waals surface area contributed by atoms with Crippen LogP contribution in [0, 0.1) is 0 Å². The molecule has 1 aliphatic heterocycles. The number of alkyl halides is 1. The van der Waals surface area contributed by atoms with Gasteiger partial charge in [-0.15, -0.1) is 0 Å². The molecular weight excluding hydrogens is 251 g/mol. The molecule has 0 amide bonds. The molecule has 5 nitrogen and oxygen atoms in total. The van der Waals surface area contributed by atoms with E-state index in [2.05, 4.69) is 4.98 Å². The van der Waals surface area contributed by atoms with Gasteiger partial charge in [-0.1, -0.05) is 0 Å². The molecule has 0 spiro atoms. The van der Waals surface area contributed by atoms with E-state index in [9.17, 15) is 9.18 Å². The van der Waals surface area contributed by atoms with Gasteiger partial charge in [0.15, 0.2) is 0 Å². The number of carbonyl (C=O) groups is 1. The number of ether oxygens (including phenoxy) is 1. The Morgan fingerprint density at radius 3 is 2.95 bits per heavy atom. The van der Waals surface area contributed by atoms with Crippen molar-refractivity contribution >= 4 is 17.0 Å². The van der Waals surface area contributed by atoms with Crippen LogP contribution in [0.3, 0.4) is 0 Å². The van der Waals surface area contributed by atoms with Crippen molar-refractivity contribution in [1.29, 1.82) is 0 Å². The van der Waals surface area contributed by atoms with Gasteiger partial charge in [0, 0.05) is 6.61 Å². The van der Waals surface area contributed by atoms with E-state index in [1.54, 1.807) is 10.6 Å². The highest BCUT2D eigenvalue weighted by Gasteiger charge is 2.22. The van der Waals surface area contributed by atoms with Crippen LogP contribution >= 0.6 is 0 Å². The number of aromatic nitrogens is 2. The maximum atomic E-state index is 13.0. The van der Waals surface area contributed by atoms with Crippen molar-refractivity contribution in [2.75, 3.05) is 6.61 Å². The molecule has 1 atom stereocenters. The number of rotatable bonds is 4. The highest BCUT2D eigenvalue weighted by molar-refractivity contribution is 5.92. The van der Waals surface area contributed by atoms with Gasteiger partial charge in [0.05, 0.1) is 29.2 Å². The Morgan fingerprint density at radius 1 is 1.58 bits per heavy atom. The Bertz CT molecular complexity index is 634. The number of aromatic carboxylic acids is 1. The molecule has 1 aromatic carbocycles. The lowest BCUT2D eigenvalue weighted by molar-refractivity contribution is -0.0591. The lowest BCUT2D eigenvalue weighted by Gasteiger charge is -2.27. The molecule has 0 bridgehead atoms. The lowest BCUT2D eigenvalue weighted by atomic mass is 10.1. The van der Waals surface area contributed by atoms with Crippen molar-refractivity contribution < 1.29 is 19.0 Å². The first-order valence-corrected chi connectivity index (χ1v) is 6.09. The number of halogens is 1. The van der Waals surface area contributed by atoms with Crippen molar-refractivity contribution in [2.45, 2.75) is 25.7 Å². The van der Waals surface area contributed by atoms with Crippen molar-refractivity contribution in [3.05, 3.63) is 29.6 Å². The van der Waals surface area contributed by atoms with E-state index in [0.29, 0.717) is 23.4 Å². The van der Waals surface area contributed by atoms with E-state index >= 15 is 0 Å². The summed E-state index contributed by atoms with van der Waals surface area (Å²) in [6.45, 7) is 0.561. The number of imidazole rings is 1. The van der Waals surface area contributed by atoms with Crippen LogP contribution in [0.4, 0.5) is 4.39 Å². The van der Waals surface area contributed by atoms with Gasteiger partial charge in [0.2, 0.25) is 0 Å². The number of benzene rings is 1. The van der Waals surface area contributed by atoms with Gasteiger partial charge >= 0.3 is 5.97 Å². The molecule has 2 aromatic rings. The van der Waals surface area contributed by atoms with E-state index in [4.69, 9.17) is 9.84 Å². The third kappa shape index (κ3) is 2.08. The summed E-state index contributed by atoms with van der Waals surface area (Å²) in [5.74, 6) is -0.690. The van der Waals surface area contributed by atoms with E-state index in [0.717, 1.165) is 13.0 Å². The minimum absolute atomic E-state index is 0.0659. The molecule has 1 saturated heterocycles. The normalized spacial score (nSPS) is 18.5. The van der Waals surface area contributed by atoms with E-state index in [-0.39, 0.29) is 11.7 Å². The van der Waals surface area contributed by atoms with Crippen molar-refractivity contribution in [2.24, 2.45) is 0 Å². The molecule has 3 rings (SSSR count). The van der Waals surface area contributed by atoms with Crippen LogP contribution in [0.25, 0.3) is 11.0 Å². The second-order valence-corrected chi connectivity index (χ2v) is 4.56. The van der Waals surface area contributed by atoms with Crippen LogP contribution in [-0.4, -0.2) is 33.3 Å². The Kier molecular flexibility index (Phi) is 2.94. The second kappa shape index (κ2) is 4.62. The molecule has 1 aromatic heterocycles. The average molecular weight is 264 g/mol. The summed E-state index contributed by atoms with van der Waals surface area (Å²) < 4.78 is 20.1. The van der Waals surface area contributed by atoms with Gasteiger partial charge in [-0.2, -0.15) is 0 Å². The summed E-state index contributed by atoms with van der Waals surface area (Å²) in [6.07, 6.45) is 1.00. The fourth-order valence-corrected chi connectivity index (χ4v) is 2.24. The molecule has 0 saturated carbocycles. The first-order valence-electron chi connectivity index (χ1n) is 6.09. The van der Waals surface area contributed by atoms with Gasteiger partial charge < -0.3 is 14.4 Å². The standard InChI is InChI=1S/C13H13FN2O3/c14-6-12-15-10-2-1-8(13(17)18)5-11(10)16(12)7-9-3-4-19-9/h1-2,5,9H,3-4,6-7H2,(H,17,18). The molecule has 100 valence electrons. The molecule has 6 heteroatoms. The Hall–Kier alpha value is -1.95. The predicted molar refractivity (Wildman–Crippen MR) is 65.9 cm³/mol. The zero-order chi connectivity index (χ0) is 13.4. The third-order valence-electron chi connectivity index (χ3n) is 3.37. The first-order chi connectivity index (χ1) is 9.19. The van der Waals surface area contributed by atoms with Crippen molar-refractivity contribution in [3.8, 4) is 0 Å². The quantitative estimate of drug-likeness (QED) is 0.917. The number of hydrogen-bond acceptors (Lipinski definition) is 3. The zero-order valence-corrected chi connectivity index (χ0v) is 10.2. The fraction of sp³-hybridized carbons (Fsp3) is 0.385. The Balaban J connectivity index is 2.08. The van der Waals surface area contributed by atoms with Gasteiger partial charge in [0.25, 0.3) is 0 Å². The predicted octanol–water partition coefficient (Wildman–Crippen LogP) is 1.99. The monoisotopic (exact) mass is 264 g/mol. The molecule has 1 fully saturated rings. The summed E-state index contributed by atoms with van der Waals surface area (Å²) in [4.78, 5) is 15.2. The molecule has 19 heavy (non-hydrogen) atoms. The zero-order valence-electron chi connectivity index (χ0n) is 10.2. The summed E-state index contributed by atoms with van der Waals surface area (Å²) in [5, 5.41) is 9.01. The minimum Gasteiger partial charge on any atom is -0.478 e. The molecule has 1 aliphatic rings. The topological polar surface area (TPSA) is 64.3 Å². The first kappa shape index (κ1) is 12.1. The van der Waals surface area contributed by atoms with Crippen LogP contribution in [0.2, 0.25) is 0 Å². The number of fused-ring (bicyclic) bond motifs is 1. The molecule has 1 N–H and O–H groups in total. The number of nitrogens with zero attached hydrogens (tertiary/aromatic N) is 2. The summed E-state index contributed by atoms with van der Waals surface area (Å²) >= 11 is 0. The van der Waals surface area contributed by atoms with Crippen LogP contribution in [-0.2, 0) is 18.0 Å². The highest BCUT2D eigenvalue weighted by atomic mass is 19.1. The molecule has 1 unspecified atom stereocenters. The van der Waals surface area contributed by atoms with Crippen LogP contribution in [0.15, 0.2) is 18.2 Å². The summed E-state index contributed by atoms with van der Waals surface area (Å²) in [6, 6.07) is 4.61. The van der Waals surface area contributed by atoms with Gasteiger partial charge in [0.1, 0.15) is 12.5 Å². The molecule has 0 radical (unpaired) electrons. The molecule has 2 heterocycles. The van der Waals surface area contributed by atoms with E-state index in [1.165, 1.54) is 12.1 Å². The maximum Gasteiger partial charge on any atom is 0.335 e. The van der Waals surface area contributed by atoms with Gasteiger partial charge in [-0.3, -0.25) is 0 Å². The summed E-state index contributed by atoms with van der Waals surface area (Å²) in [7, 11) is 0. The van der Waals surface area contributed by atoms with Crippen LogP contribution in [0.5, 0.6) is 0 Å². The number of carboxylic acid groups (broad SMARTS) is 1. The largest absolute Gasteiger partial charge is 0.478 e. The van der Waals surface area contributed by atoms with Crippen molar-refractivity contribution in [1.82, 2.24) is 9.55 Å². The number of carboxylic acids is 1. The smallest absolute Gasteiger partial charge is 0.335 e. The van der Waals surface area contributed by atoms with Gasteiger partial charge in [-0.05, 0) is 24.6 Å². The summed E-state index contributed by atoms with van der Waals surface area (Å²) in [5.41, 5.74) is 1.42. The van der Waals surface area contributed by atoms with Crippen LogP contribution < -0.4 is 0 Å². The lowest BCUT2D eigenvalue weighted by Crippen LogP contribution is -2.31. The van der Waals surface area contributed by atoms with E-state index < -0.39 is 12.6 Å². The molecular formula is C13H13FN2O3. The fourth-order valence-electron chi connectivity index (χ4n) is 2.24. The Labute approximate surface area is 108 Å². The Morgan fingerprint density at radius 2 is 2.37 bits per heavy atom. The minimum atomic E-state index is -1.00. The van der Waals surface area contributed by atoms with Crippen LogP contribution in [0.1, 0.15) is 22.6 Å². The SMILES string of the molecule is O=C(O)c1ccc2nc(CF)n(CC3CCO3)c2c1. The van der Waals surface area contributed by atoms with Gasteiger partial charge in [-0.25, -0.2) is 14.2 Å². The second-order valence-electron chi connectivity index (χ2n) is 4.56. The highest BCUT2D eigenvalue weighted by Crippen LogP contribution is 2.22. The average Bonchev–Trinajstić information content (AvgIpc) is 2.70. The molecule has 0 aliphatic carbocycles. The third-order valence-corrected chi connectivity index (χ3v) is 3.37. The maximum absolute atomic E-state index is 13.0. The van der Waals surface area contributed by atoms with E-state index in [1.807, 2.05) is 0 Å².